The molecule has 0 saturated carbocycles. The van der Waals surface area contributed by atoms with E-state index in [9.17, 15) is 27.2 Å². The molecule has 0 fully saturated rings. The molecule has 1 aliphatic heterocycles. The number of carbonyl (C=O) groups is 2. The monoisotopic (exact) mass is 505 g/mol. The highest BCUT2D eigenvalue weighted by atomic mass is 19.3. The molecule has 1 aromatic heterocycles. The molecule has 0 saturated heterocycles. The molecule has 0 spiro atoms. The molecule has 0 aliphatic carbocycles. The van der Waals surface area contributed by atoms with Crippen molar-refractivity contribution >= 4 is 28.9 Å². The van der Waals surface area contributed by atoms with E-state index in [-0.39, 0.29) is 45.7 Å². The predicted octanol–water partition coefficient (Wildman–Crippen LogP) is 4.74. The number of carbonyl (C=O) groups excluding carboxylic acids is 2. The Bertz CT molecular complexity index is 1350. The van der Waals surface area contributed by atoms with Crippen LogP contribution in [0.4, 0.5) is 28.9 Å². The fourth-order valence-electron chi connectivity index (χ4n) is 3.57. The summed E-state index contributed by atoms with van der Waals surface area (Å²) in [6.07, 6.45) is 0. The molecule has 9 nitrogen and oxygen atoms in total. The number of anilines is 2. The Morgan fingerprint density at radius 2 is 1.94 bits per heavy atom. The maximum Gasteiger partial charge on any atom is 0.387 e. The van der Waals surface area contributed by atoms with Crippen molar-refractivity contribution in [1.29, 1.82) is 0 Å². The van der Waals surface area contributed by atoms with Gasteiger partial charge in [0.1, 0.15) is 5.75 Å². The van der Waals surface area contributed by atoms with Crippen molar-refractivity contribution in [3.63, 3.8) is 0 Å². The minimum atomic E-state index is -3.13. The van der Waals surface area contributed by atoms with Gasteiger partial charge in [-0.05, 0) is 37.3 Å². The van der Waals surface area contributed by atoms with Crippen LogP contribution in [0.2, 0.25) is 0 Å². The number of rotatable bonds is 7. The third kappa shape index (κ3) is 5.04. The molecule has 4 rings (SSSR count). The van der Waals surface area contributed by atoms with Gasteiger partial charge in [-0.25, -0.2) is 8.78 Å². The van der Waals surface area contributed by atoms with Crippen molar-refractivity contribution in [1.82, 2.24) is 10.1 Å². The largest absolute Gasteiger partial charge is 0.434 e. The SMILES string of the molecule is CC1=NN(c2ccc(OC(F)F)c(-c3noc(C)n3)c2)C(=O)C1C(=O)Nc1cccc(C(C)(F)F)c1. The van der Waals surface area contributed by atoms with E-state index in [0.29, 0.717) is 0 Å². The summed E-state index contributed by atoms with van der Waals surface area (Å²) in [6.45, 7) is 0.559. The number of nitrogens with zero attached hydrogens (tertiary/aromatic N) is 4. The van der Waals surface area contributed by atoms with Crippen molar-refractivity contribution in [2.24, 2.45) is 11.0 Å². The second-order valence-electron chi connectivity index (χ2n) is 7.98. The first-order valence-electron chi connectivity index (χ1n) is 10.5. The zero-order valence-corrected chi connectivity index (χ0v) is 19.1. The van der Waals surface area contributed by atoms with E-state index in [4.69, 9.17) is 4.52 Å². The molecule has 1 aliphatic rings. The third-order valence-electron chi connectivity index (χ3n) is 5.22. The summed E-state index contributed by atoms with van der Waals surface area (Å²) in [7, 11) is 0. The van der Waals surface area contributed by atoms with Gasteiger partial charge in [-0.1, -0.05) is 17.3 Å². The summed E-state index contributed by atoms with van der Waals surface area (Å²) in [5.41, 5.74) is 0.0536. The quantitative estimate of drug-likeness (QED) is 0.367. The van der Waals surface area contributed by atoms with Crippen molar-refractivity contribution < 1.29 is 36.4 Å². The highest BCUT2D eigenvalue weighted by Crippen LogP contribution is 2.35. The Balaban J connectivity index is 1.60. The lowest BCUT2D eigenvalue weighted by atomic mass is 10.0. The van der Waals surface area contributed by atoms with Crippen molar-refractivity contribution in [2.45, 2.75) is 33.3 Å². The Labute approximate surface area is 201 Å². The maximum atomic E-state index is 13.6. The first-order valence-corrected chi connectivity index (χ1v) is 10.5. The van der Waals surface area contributed by atoms with Crippen LogP contribution in [0.3, 0.4) is 0 Å². The van der Waals surface area contributed by atoms with Gasteiger partial charge in [-0.3, -0.25) is 9.59 Å². The Morgan fingerprint density at radius 1 is 1.19 bits per heavy atom. The second kappa shape index (κ2) is 9.40. The van der Waals surface area contributed by atoms with Gasteiger partial charge in [0.2, 0.25) is 17.6 Å². The average Bonchev–Trinajstić information content (AvgIpc) is 3.35. The smallest absolute Gasteiger partial charge is 0.387 e. The predicted molar refractivity (Wildman–Crippen MR) is 120 cm³/mol. The van der Waals surface area contributed by atoms with Crippen molar-refractivity contribution in [2.75, 3.05) is 10.3 Å². The molecule has 1 N–H and O–H groups in total. The van der Waals surface area contributed by atoms with E-state index in [0.717, 1.165) is 18.0 Å². The number of alkyl halides is 4. The molecule has 0 radical (unpaired) electrons. The van der Waals surface area contributed by atoms with Gasteiger partial charge < -0.3 is 14.6 Å². The standard InChI is InChI=1S/C23H19F4N5O4/c1-11-18(20(33)29-14-6-4-5-13(9-14)23(3,26)27)21(34)32(30-11)15-7-8-17(35-22(24)25)16(10-15)19-28-12(2)36-31-19/h4-10,18,22H,1-3H3,(H,29,33). The van der Waals surface area contributed by atoms with E-state index in [1.165, 1.54) is 50.2 Å². The Kier molecular flexibility index (Phi) is 6.48. The lowest BCUT2D eigenvalue weighted by molar-refractivity contribution is -0.127. The zero-order chi connectivity index (χ0) is 26.2. The van der Waals surface area contributed by atoms with Gasteiger partial charge in [-0.2, -0.15) is 23.9 Å². The number of aromatic nitrogens is 2. The van der Waals surface area contributed by atoms with Crippen LogP contribution in [0.1, 0.15) is 25.3 Å². The van der Waals surface area contributed by atoms with Gasteiger partial charge in [0.15, 0.2) is 5.92 Å². The Hall–Kier alpha value is -4.29. The van der Waals surface area contributed by atoms with Crippen LogP contribution >= 0.6 is 0 Å². The van der Waals surface area contributed by atoms with Crippen LogP contribution in [0, 0.1) is 12.8 Å². The molecule has 36 heavy (non-hydrogen) atoms. The van der Waals surface area contributed by atoms with E-state index in [1.54, 1.807) is 0 Å². The fraction of sp³-hybridized carbons (Fsp3) is 0.261. The van der Waals surface area contributed by atoms with Gasteiger partial charge >= 0.3 is 6.61 Å². The number of nitrogens with one attached hydrogen (secondary N) is 1. The van der Waals surface area contributed by atoms with Crippen LogP contribution in [-0.4, -0.2) is 34.3 Å². The average molecular weight is 505 g/mol. The number of aryl methyl sites for hydroxylation is 1. The van der Waals surface area contributed by atoms with E-state index in [2.05, 4.69) is 25.3 Å². The van der Waals surface area contributed by atoms with E-state index < -0.39 is 30.3 Å². The summed E-state index contributed by atoms with van der Waals surface area (Å²) < 4.78 is 62.5. The summed E-state index contributed by atoms with van der Waals surface area (Å²) in [5, 5.41) is 11.2. The van der Waals surface area contributed by atoms with Gasteiger partial charge in [0.25, 0.3) is 11.8 Å². The van der Waals surface area contributed by atoms with Gasteiger partial charge in [-0.15, -0.1) is 0 Å². The molecule has 1 atom stereocenters. The lowest BCUT2D eigenvalue weighted by Crippen LogP contribution is -2.36. The minimum absolute atomic E-state index is 0.00973. The number of halogens is 4. The molecule has 2 aromatic carbocycles. The molecule has 13 heteroatoms. The zero-order valence-electron chi connectivity index (χ0n) is 19.1. The number of benzene rings is 2. The molecular weight excluding hydrogens is 486 g/mol. The number of hydrazone groups is 1. The Morgan fingerprint density at radius 3 is 2.58 bits per heavy atom. The molecule has 2 amide bonds. The highest BCUT2D eigenvalue weighted by molar-refractivity contribution is 6.28. The number of hydrogen-bond acceptors (Lipinski definition) is 7. The highest BCUT2D eigenvalue weighted by Gasteiger charge is 2.40. The van der Waals surface area contributed by atoms with E-state index in [1.807, 2.05) is 0 Å². The molecule has 2 heterocycles. The van der Waals surface area contributed by atoms with Crippen LogP contribution in [0.25, 0.3) is 11.4 Å². The van der Waals surface area contributed by atoms with E-state index >= 15 is 0 Å². The van der Waals surface area contributed by atoms with Crippen LogP contribution in [-0.2, 0) is 15.5 Å². The van der Waals surface area contributed by atoms with Gasteiger partial charge in [0, 0.05) is 25.1 Å². The molecular formula is C23H19F4N5O4. The third-order valence-corrected chi connectivity index (χ3v) is 5.22. The van der Waals surface area contributed by atoms with Crippen LogP contribution in [0.5, 0.6) is 5.75 Å². The number of amides is 2. The summed E-state index contributed by atoms with van der Waals surface area (Å²) in [4.78, 5) is 30.0. The molecule has 188 valence electrons. The minimum Gasteiger partial charge on any atom is -0.434 e. The lowest BCUT2D eigenvalue weighted by Gasteiger charge is -2.17. The molecule has 0 bridgehead atoms. The first-order chi connectivity index (χ1) is 16.9. The normalized spacial score (nSPS) is 15.9. The second-order valence-corrected chi connectivity index (χ2v) is 7.98. The number of ether oxygens (including phenoxy) is 1. The number of hydrogen-bond donors (Lipinski definition) is 1. The van der Waals surface area contributed by atoms with Crippen molar-refractivity contribution in [3.05, 3.63) is 53.9 Å². The molecule has 3 aromatic rings. The maximum absolute atomic E-state index is 13.6. The van der Waals surface area contributed by atoms with Crippen LogP contribution in [0.15, 0.2) is 52.1 Å². The summed E-state index contributed by atoms with van der Waals surface area (Å²) >= 11 is 0. The summed E-state index contributed by atoms with van der Waals surface area (Å²) in [6, 6.07) is 8.88. The van der Waals surface area contributed by atoms with Gasteiger partial charge in [0.05, 0.1) is 17.0 Å². The van der Waals surface area contributed by atoms with Crippen LogP contribution < -0.4 is 15.1 Å². The molecule has 1 unspecified atom stereocenters. The first kappa shape index (κ1) is 24.8. The van der Waals surface area contributed by atoms with Crippen molar-refractivity contribution in [3.8, 4) is 17.1 Å². The fourth-order valence-corrected chi connectivity index (χ4v) is 3.57. The topological polar surface area (TPSA) is 110 Å². The summed E-state index contributed by atoms with van der Waals surface area (Å²) in [5.74, 6) is -6.11.